The number of amides is 3. The first-order valence-electron chi connectivity index (χ1n) is 15.0. The Labute approximate surface area is 253 Å². The van der Waals surface area contributed by atoms with E-state index in [1.165, 1.54) is 44.5 Å². The minimum atomic E-state index is -4.60. The Hall–Kier alpha value is -3.50. The standard InChI is InChI=1S/C32H47F3N4O4/c1-6-12-25(32(33,34)35)24-18-17-23(21-27(24)36-5)38-29(41)26(15-10-11-20-37-30(42)43-31(2,3)4)39-28(40)19-16-22-13-8-7-9-14-22/h6,12,17-18,21-22,26,36H,1,7-11,13-16,19-20H2,2-5H3,(H,37,42)(H,38,41)(H,39,40)/b25-12+. The molecule has 0 aliphatic heterocycles. The number of allylic oxidation sites excluding steroid dienone is 3. The van der Waals surface area contributed by atoms with Crippen molar-refractivity contribution in [3.8, 4) is 0 Å². The molecule has 1 fully saturated rings. The molecule has 0 aromatic heterocycles. The quantitative estimate of drug-likeness (QED) is 0.131. The first kappa shape index (κ1) is 35.7. The van der Waals surface area contributed by atoms with Gasteiger partial charge in [-0.25, -0.2) is 4.79 Å². The van der Waals surface area contributed by atoms with Crippen molar-refractivity contribution in [2.75, 3.05) is 24.2 Å². The van der Waals surface area contributed by atoms with Gasteiger partial charge in [0.25, 0.3) is 0 Å². The minimum absolute atomic E-state index is 0.0852. The molecule has 0 radical (unpaired) electrons. The van der Waals surface area contributed by atoms with Crippen LogP contribution in [0, 0.1) is 5.92 Å². The highest BCUT2D eigenvalue weighted by Gasteiger charge is 2.35. The largest absolute Gasteiger partial charge is 0.444 e. The average molecular weight is 609 g/mol. The SMILES string of the molecule is C=C/C=C(\c1ccc(NC(=O)C(CCCCNC(=O)OC(C)(C)C)NC(=O)CCC2CCCCC2)cc1NC)C(F)(F)F. The van der Waals surface area contributed by atoms with Crippen LogP contribution in [0.15, 0.2) is 36.9 Å². The first-order chi connectivity index (χ1) is 20.2. The third-order valence-corrected chi connectivity index (χ3v) is 7.18. The Bertz CT molecular complexity index is 1120. The molecule has 43 heavy (non-hydrogen) atoms. The van der Waals surface area contributed by atoms with Crippen LogP contribution in [0.5, 0.6) is 0 Å². The Morgan fingerprint density at radius 3 is 2.40 bits per heavy atom. The van der Waals surface area contributed by atoms with Gasteiger partial charge < -0.3 is 26.0 Å². The van der Waals surface area contributed by atoms with Gasteiger partial charge in [-0.2, -0.15) is 13.2 Å². The van der Waals surface area contributed by atoms with Gasteiger partial charge in [0, 0.05) is 37.0 Å². The van der Waals surface area contributed by atoms with Gasteiger partial charge in [-0.05, 0) is 70.6 Å². The first-order valence-corrected chi connectivity index (χ1v) is 15.0. The third-order valence-electron chi connectivity index (χ3n) is 7.18. The lowest BCUT2D eigenvalue weighted by Gasteiger charge is -2.23. The molecule has 240 valence electrons. The summed E-state index contributed by atoms with van der Waals surface area (Å²) in [6, 6.07) is 3.24. The molecule has 0 saturated heterocycles. The molecule has 2 rings (SSSR count). The molecule has 1 aliphatic rings. The van der Waals surface area contributed by atoms with Crippen LogP contribution in [0.25, 0.3) is 5.57 Å². The summed E-state index contributed by atoms with van der Waals surface area (Å²) in [4.78, 5) is 38.1. The van der Waals surface area contributed by atoms with Crippen molar-refractivity contribution in [3.05, 3.63) is 42.5 Å². The van der Waals surface area contributed by atoms with Gasteiger partial charge in [-0.1, -0.05) is 50.8 Å². The summed E-state index contributed by atoms with van der Waals surface area (Å²) in [5.74, 6) is -0.173. The van der Waals surface area contributed by atoms with Gasteiger partial charge in [0.1, 0.15) is 11.6 Å². The molecule has 1 aromatic carbocycles. The number of carbonyl (C=O) groups is 3. The molecule has 1 saturated carbocycles. The molecule has 0 heterocycles. The molecular formula is C32H47F3N4O4. The number of anilines is 2. The van der Waals surface area contributed by atoms with Gasteiger partial charge in [0.05, 0.1) is 5.57 Å². The highest BCUT2D eigenvalue weighted by molar-refractivity contribution is 5.98. The third kappa shape index (κ3) is 13.1. The van der Waals surface area contributed by atoms with E-state index in [0.29, 0.717) is 38.1 Å². The number of hydrogen-bond acceptors (Lipinski definition) is 5. The van der Waals surface area contributed by atoms with Crippen molar-refractivity contribution in [1.29, 1.82) is 0 Å². The van der Waals surface area contributed by atoms with Crippen LogP contribution in [0.1, 0.15) is 90.5 Å². The van der Waals surface area contributed by atoms with Crippen LogP contribution in [-0.2, 0) is 14.3 Å². The number of alkyl halides is 3. The van der Waals surface area contributed by atoms with Crippen LogP contribution >= 0.6 is 0 Å². The summed E-state index contributed by atoms with van der Waals surface area (Å²) in [6.45, 7) is 9.03. The molecule has 0 spiro atoms. The maximum atomic E-state index is 13.6. The van der Waals surface area contributed by atoms with E-state index in [1.807, 2.05) is 0 Å². The number of ether oxygens (including phenoxy) is 1. The van der Waals surface area contributed by atoms with Crippen LogP contribution in [0.2, 0.25) is 0 Å². The zero-order valence-electron chi connectivity index (χ0n) is 25.8. The normalized spacial score (nSPS) is 15.3. The molecule has 4 N–H and O–H groups in total. The number of unbranched alkanes of at least 4 members (excludes halogenated alkanes) is 1. The summed E-state index contributed by atoms with van der Waals surface area (Å²) in [5.41, 5.74) is -1.11. The molecule has 11 heteroatoms. The number of carbonyl (C=O) groups excluding carboxylic acids is 3. The van der Waals surface area contributed by atoms with E-state index in [0.717, 1.165) is 31.4 Å². The topological polar surface area (TPSA) is 109 Å². The monoisotopic (exact) mass is 608 g/mol. The molecule has 1 unspecified atom stereocenters. The molecular weight excluding hydrogens is 561 g/mol. The van der Waals surface area contributed by atoms with Gasteiger partial charge in [-0.15, -0.1) is 0 Å². The molecule has 1 aliphatic carbocycles. The van der Waals surface area contributed by atoms with E-state index >= 15 is 0 Å². The molecule has 0 bridgehead atoms. The van der Waals surface area contributed by atoms with E-state index in [9.17, 15) is 27.6 Å². The van der Waals surface area contributed by atoms with Crippen LogP contribution in [0.4, 0.5) is 29.3 Å². The summed E-state index contributed by atoms with van der Waals surface area (Å²) in [7, 11) is 1.49. The Kier molecular flexibility index (Phi) is 14.1. The van der Waals surface area contributed by atoms with Crippen molar-refractivity contribution in [3.63, 3.8) is 0 Å². The highest BCUT2D eigenvalue weighted by Crippen LogP contribution is 2.38. The number of rotatable bonds is 14. The Balaban J connectivity index is 2.09. The zero-order valence-corrected chi connectivity index (χ0v) is 25.8. The second-order valence-electron chi connectivity index (χ2n) is 11.9. The molecule has 8 nitrogen and oxygen atoms in total. The maximum Gasteiger partial charge on any atom is 0.417 e. The van der Waals surface area contributed by atoms with Crippen molar-refractivity contribution < 1.29 is 32.3 Å². The fourth-order valence-corrected chi connectivity index (χ4v) is 5.07. The fourth-order valence-electron chi connectivity index (χ4n) is 5.07. The minimum Gasteiger partial charge on any atom is -0.444 e. The van der Waals surface area contributed by atoms with Gasteiger partial charge in [0.15, 0.2) is 0 Å². The second kappa shape index (κ2) is 17.0. The van der Waals surface area contributed by atoms with E-state index in [2.05, 4.69) is 27.8 Å². The van der Waals surface area contributed by atoms with Crippen LogP contribution < -0.4 is 21.3 Å². The number of hydrogen-bond donors (Lipinski definition) is 4. The van der Waals surface area contributed by atoms with Gasteiger partial charge in [-0.3, -0.25) is 9.59 Å². The van der Waals surface area contributed by atoms with Gasteiger partial charge >= 0.3 is 12.3 Å². The van der Waals surface area contributed by atoms with Crippen LogP contribution in [-0.4, -0.2) is 49.3 Å². The summed E-state index contributed by atoms with van der Waals surface area (Å²) in [5, 5.41) is 11.0. The predicted octanol–water partition coefficient (Wildman–Crippen LogP) is 7.34. The average Bonchev–Trinajstić information content (AvgIpc) is 2.93. The second-order valence-corrected chi connectivity index (χ2v) is 11.9. The molecule has 1 aromatic rings. The van der Waals surface area contributed by atoms with E-state index in [1.54, 1.807) is 20.8 Å². The maximum absolute atomic E-state index is 13.6. The van der Waals surface area contributed by atoms with Crippen molar-refractivity contribution in [2.24, 2.45) is 5.92 Å². The molecule has 1 atom stereocenters. The van der Waals surface area contributed by atoms with Crippen LogP contribution in [0.3, 0.4) is 0 Å². The fraction of sp³-hybridized carbons (Fsp3) is 0.594. The lowest BCUT2D eigenvalue weighted by molar-refractivity contribution is -0.126. The lowest BCUT2D eigenvalue weighted by Crippen LogP contribution is -2.44. The van der Waals surface area contributed by atoms with E-state index < -0.39 is 35.4 Å². The number of nitrogens with one attached hydrogen (secondary N) is 4. The van der Waals surface area contributed by atoms with E-state index in [4.69, 9.17) is 4.74 Å². The summed E-state index contributed by atoms with van der Waals surface area (Å²) in [6.07, 6.45) is 5.13. The zero-order chi connectivity index (χ0) is 32.0. The summed E-state index contributed by atoms with van der Waals surface area (Å²) < 4.78 is 46.1. The van der Waals surface area contributed by atoms with Crippen molar-refractivity contribution in [1.82, 2.24) is 10.6 Å². The Morgan fingerprint density at radius 2 is 1.79 bits per heavy atom. The predicted molar refractivity (Wildman–Crippen MR) is 165 cm³/mol. The smallest absolute Gasteiger partial charge is 0.417 e. The number of halogens is 3. The number of benzene rings is 1. The Morgan fingerprint density at radius 1 is 1.09 bits per heavy atom. The van der Waals surface area contributed by atoms with Crippen molar-refractivity contribution in [2.45, 2.75) is 103 Å². The molecule has 3 amide bonds. The highest BCUT2D eigenvalue weighted by atomic mass is 19.4. The summed E-state index contributed by atoms with van der Waals surface area (Å²) >= 11 is 0. The van der Waals surface area contributed by atoms with Gasteiger partial charge in [0.2, 0.25) is 11.8 Å². The van der Waals surface area contributed by atoms with Crippen molar-refractivity contribution >= 4 is 34.9 Å². The number of alkyl carbamates (subject to hydrolysis) is 1. The van der Waals surface area contributed by atoms with E-state index in [-0.39, 0.29) is 22.8 Å². The lowest BCUT2D eigenvalue weighted by atomic mass is 9.86.